The van der Waals surface area contributed by atoms with Crippen molar-refractivity contribution in [1.29, 1.82) is 0 Å². The summed E-state index contributed by atoms with van der Waals surface area (Å²) in [6, 6.07) is -0.0746. The highest BCUT2D eigenvalue weighted by molar-refractivity contribution is 9.10. The van der Waals surface area contributed by atoms with Gasteiger partial charge in [-0.2, -0.15) is 0 Å². The third kappa shape index (κ3) is 2.66. The number of nitrogens with zero attached hydrogens (tertiary/aromatic N) is 2. The molecule has 0 saturated heterocycles. The van der Waals surface area contributed by atoms with Crippen molar-refractivity contribution < 1.29 is 9.53 Å². The van der Waals surface area contributed by atoms with Gasteiger partial charge in [-0.05, 0) is 53.4 Å². The van der Waals surface area contributed by atoms with E-state index in [-0.39, 0.29) is 23.5 Å². The van der Waals surface area contributed by atoms with Gasteiger partial charge in [0.15, 0.2) is 5.82 Å². The van der Waals surface area contributed by atoms with E-state index in [1.165, 1.54) is 11.7 Å². The van der Waals surface area contributed by atoms with Gasteiger partial charge in [0.05, 0.1) is 13.0 Å². The predicted octanol–water partition coefficient (Wildman–Crippen LogP) is 1.93. The Morgan fingerprint density at radius 3 is 2.64 bits per heavy atom. The number of hydrogen-bond donors (Lipinski definition) is 1. The molecule has 1 aromatic heterocycles. The molecule has 2 atom stereocenters. The van der Waals surface area contributed by atoms with Crippen LogP contribution in [0.1, 0.15) is 25.7 Å². The van der Waals surface area contributed by atoms with Gasteiger partial charge in [0.25, 0.3) is 5.56 Å². The molecule has 120 valence electrons. The number of halogens is 1. The maximum absolute atomic E-state index is 12.2. The van der Waals surface area contributed by atoms with Crippen molar-refractivity contribution in [2.45, 2.75) is 31.7 Å². The molecule has 0 unspecified atom stereocenters. The smallest absolute Gasteiger partial charge is 0.311 e. The Hall–Kier alpha value is -1.37. The normalized spacial score (nSPS) is 30.1. The molecule has 0 radical (unpaired) electrons. The van der Waals surface area contributed by atoms with Gasteiger partial charge in [0, 0.05) is 19.3 Å². The number of hydrogen-bond acceptors (Lipinski definition) is 5. The first kappa shape index (κ1) is 15.5. The number of nitrogens with one attached hydrogen (secondary N) is 1. The standard InChI is InChI=1S/C15H20BrN3O3/c1-19-7-10(16)17-13(14(19)20)18-12-9-5-3-8(4-6-9)11(12)15(21)22-2/h7-9,11-12H,3-6H2,1-2H3,(H,17,18)/t8?,9?,11-,12-/m0/s1. The van der Waals surface area contributed by atoms with Crippen LogP contribution in [0.5, 0.6) is 0 Å². The summed E-state index contributed by atoms with van der Waals surface area (Å²) in [5.41, 5.74) is -0.187. The van der Waals surface area contributed by atoms with E-state index in [0.29, 0.717) is 22.3 Å². The zero-order valence-corrected chi connectivity index (χ0v) is 14.3. The molecule has 3 aliphatic carbocycles. The first-order chi connectivity index (χ1) is 10.5. The van der Waals surface area contributed by atoms with E-state index in [1.807, 2.05) is 0 Å². The lowest BCUT2D eigenvalue weighted by Crippen LogP contribution is -2.52. The van der Waals surface area contributed by atoms with Gasteiger partial charge in [-0.15, -0.1) is 0 Å². The predicted molar refractivity (Wildman–Crippen MR) is 85.5 cm³/mol. The fourth-order valence-corrected chi connectivity index (χ4v) is 4.44. The number of carbonyl (C=O) groups excluding carboxylic acids is 1. The molecule has 3 saturated carbocycles. The van der Waals surface area contributed by atoms with Crippen molar-refractivity contribution in [3.63, 3.8) is 0 Å². The molecule has 7 heteroatoms. The highest BCUT2D eigenvalue weighted by Gasteiger charge is 2.48. The molecule has 0 aliphatic heterocycles. The van der Waals surface area contributed by atoms with Gasteiger partial charge >= 0.3 is 5.97 Å². The van der Waals surface area contributed by atoms with E-state index >= 15 is 0 Å². The lowest BCUT2D eigenvalue weighted by atomic mass is 9.61. The zero-order valence-electron chi connectivity index (χ0n) is 12.7. The summed E-state index contributed by atoms with van der Waals surface area (Å²) in [5.74, 6) is 0.649. The van der Waals surface area contributed by atoms with Crippen LogP contribution in [0.4, 0.5) is 5.82 Å². The van der Waals surface area contributed by atoms with E-state index in [0.717, 1.165) is 25.7 Å². The molecule has 1 N–H and O–H groups in total. The lowest BCUT2D eigenvalue weighted by Gasteiger charge is -2.47. The van der Waals surface area contributed by atoms with Crippen LogP contribution in [-0.2, 0) is 16.6 Å². The third-order valence-corrected chi connectivity index (χ3v) is 5.42. The van der Waals surface area contributed by atoms with E-state index in [4.69, 9.17) is 4.74 Å². The average Bonchev–Trinajstić information content (AvgIpc) is 2.52. The number of methoxy groups -OCH3 is 1. The van der Waals surface area contributed by atoms with E-state index in [2.05, 4.69) is 26.2 Å². The van der Waals surface area contributed by atoms with Crippen LogP contribution < -0.4 is 10.9 Å². The Balaban J connectivity index is 1.92. The molecular formula is C15H20BrN3O3. The van der Waals surface area contributed by atoms with Crippen LogP contribution in [-0.4, -0.2) is 28.7 Å². The summed E-state index contributed by atoms with van der Waals surface area (Å²) in [7, 11) is 3.11. The summed E-state index contributed by atoms with van der Waals surface area (Å²) in [6.07, 6.45) is 5.92. The fourth-order valence-electron chi connectivity index (χ4n) is 3.95. The van der Waals surface area contributed by atoms with Crippen molar-refractivity contribution in [2.75, 3.05) is 12.4 Å². The fraction of sp³-hybridized carbons (Fsp3) is 0.667. The minimum Gasteiger partial charge on any atom is -0.469 e. The van der Waals surface area contributed by atoms with Gasteiger partial charge in [-0.25, -0.2) is 4.98 Å². The van der Waals surface area contributed by atoms with Crippen molar-refractivity contribution in [1.82, 2.24) is 9.55 Å². The molecule has 2 bridgehead atoms. The van der Waals surface area contributed by atoms with Crippen molar-refractivity contribution in [2.24, 2.45) is 24.8 Å². The number of aromatic nitrogens is 2. The number of rotatable bonds is 3. The number of aryl methyl sites for hydroxylation is 1. The molecule has 3 aliphatic rings. The minimum absolute atomic E-state index is 0.0746. The molecule has 0 spiro atoms. The van der Waals surface area contributed by atoms with Crippen LogP contribution in [0.2, 0.25) is 0 Å². The zero-order chi connectivity index (χ0) is 15.9. The van der Waals surface area contributed by atoms with Crippen LogP contribution in [0.15, 0.2) is 15.6 Å². The molecule has 1 heterocycles. The van der Waals surface area contributed by atoms with Gasteiger partial charge in [0.2, 0.25) is 0 Å². The highest BCUT2D eigenvalue weighted by Crippen LogP contribution is 2.46. The van der Waals surface area contributed by atoms with Crippen LogP contribution in [0, 0.1) is 17.8 Å². The molecule has 0 aromatic carbocycles. The van der Waals surface area contributed by atoms with Crippen LogP contribution in [0.25, 0.3) is 0 Å². The largest absolute Gasteiger partial charge is 0.469 e. The summed E-state index contributed by atoms with van der Waals surface area (Å²) in [5, 5.41) is 3.25. The van der Waals surface area contributed by atoms with Gasteiger partial charge in [-0.3, -0.25) is 9.59 Å². The first-order valence-electron chi connectivity index (χ1n) is 7.58. The molecule has 6 nitrogen and oxygen atoms in total. The quantitative estimate of drug-likeness (QED) is 0.824. The molecular weight excluding hydrogens is 350 g/mol. The lowest BCUT2D eigenvalue weighted by molar-refractivity contribution is -0.152. The first-order valence-corrected chi connectivity index (χ1v) is 8.38. The molecule has 4 rings (SSSR count). The SMILES string of the molecule is COC(=O)[C@H]1C2CCC(CC2)[C@@H]1Nc1nc(Br)cn(C)c1=O. The second-order valence-corrected chi connectivity index (χ2v) is 7.03. The summed E-state index contributed by atoms with van der Waals surface area (Å²) >= 11 is 3.31. The number of anilines is 1. The molecule has 0 amide bonds. The Morgan fingerprint density at radius 1 is 1.36 bits per heavy atom. The van der Waals surface area contributed by atoms with Crippen molar-refractivity contribution >= 4 is 27.7 Å². The van der Waals surface area contributed by atoms with Crippen LogP contribution >= 0.6 is 15.9 Å². The number of ether oxygens (including phenoxy) is 1. The van der Waals surface area contributed by atoms with Gasteiger partial charge in [-0.1, -0.05) is 0 Å². The second-order valence-electron chi connectivity index (χ2n) is 6.22. The maximum Gasteiger partial charge on any atom is 0.311 e. The number of carbonyl (C=O) groups is 1. The molecule has 3 fully saturated rings. The van der Waals surface area contributed by atoms with Crippen LogP contribution in [0.3, 0.4) is 0 Å². The van der Waals surface area contributed by atoms with E-state index < -0.39 is 0 Å². The summed E-state index contributed by atoms with van der Waals surface area (Å²) < 4.78 is 7.07. The maximum atomic E-state index is 12.2. The minimum atomic E-state index is -0.192. The van der Waals surface area contributed by atoms with Gasteiger partial charge in [0.1, 0.15) is 4.60 Å². The summed E-state index contributed by atoms with van der Waals surface area (Å²) in [6.45, 7) is 0. The van der Waals surface area contributed by atoms with Crippen molar-refractivity contribution in [3.05, 3.63) is 21.2 Å². The molecule has 1 aromatic rings. The monoisotopic (exact) mass is 369 g/mol. The Morgan fingerprint density at radius 2 is 2.00 bits per heavy atom. The van der Waals surface area contributed by atoms with E-state index in [9.17, 15) is 9.59 Å². The van der Waals surface area contributed by atoms with Gasteiger partial charge < -0.3 is 14.6 Å². The summed E-state index contributed by atoms with van der Waals surface area (Å²) in [4.78, 5) is 28.7. The Labute approximate surface area is 137 Å². The van der Waals surface area contributed by atoms with E-state index in [1.54, 1.807) is 13.2 Å². The molecule has 22 heavy (non-hydrogen) atoms. The number of fused-ring (bicyclic) bond motifs is 3. The second kappa shape index (κ2) is 6.02. The Kier molecular flexibility index (Phi) is 4.25. The topological polar surface area (TPSA) is 73.2 Å². The number of esters is 1. The Bertz CT molecular complexity index is 637. The average molecular weight is 370 g/mol. The third-order valence-electron chi connectivity index (χ3n) is 5.04. The van der Waals surface area contributed by atoms with Crippen molar-refractivity contribution in [3.8, 4) is 0 Å². The highest BCUT2D eigenvalue weighted by atomic mass is 79.9.